The molecule has 8 heteroatoms. The molecule has 2 aromatic rings. The van der Waals surface area contributed by atoms with Crippen molar-refractivity contribution < 1.29 is 19.0 Å². The van der Waals surface area contributed by atoms with E-state index in [0.29, 0.717) is 0 Å². The Morgan fingerprint density at radius 1 is 1.55 bits per heavy atom. The summed E-state index contributed by atoms with van der Waals surface area (Å²) in [5.74, 6) is -1.11. The van der Waals surface area contributed by atoms with E-state index >= 15 is 0 Å². The van der Waals surface area contributed by atoms with E-state index in [9.17, 15) is 9.18 Å². The van der Waals surface area contributed by atoms with E-state index in [4.69, 9.17) is 9.84 Å². The third-order valence-corrected chi connectivity index (χ3v) is 2.80. The van der Waals surface area contributed by atoms with Crippen molar-refractivity contribution in [2.24, 2.45) is 0 Å². The first kappa shape index (κ1) is 13.9. The number of hydrogen-bond donors (Lipinski definition) is 1. The normalized spacial score (nSPS) is 12.2. The topological polar surface area (TPSA) is 90.1 Å². The third kappa shape index (κ3) is 2.58. The van der Waals surface area contributed by atoms with Crippen LogP contribution >= 0.6 is 0 Å². The van der Waals surface area contributed by atoms with Crippen molar-refractivity contribution in [1.82, 2.24) is 20.2 Å². The monoisotopic (exact) mass is 280 g/mol. The van der Waals surface area contributed by atoms with E-state index in [2.05, 4.69) is 15.5 Å². The first-order valence-corrected chi connectivity index (χ1v) is 5.87. The number of ether oxygens (including phenoxy) is 1. The smallest absolute Gasteiger partial charge is 0.305 e. The summed E-state index contributed by atoms with van der Waals surface area (Å²) in [6, 6.07) is 3.84. The molecule has 0 amide bonds. The second-order valence-corrected chi connectivity index (χ2v) is 4.21. The Kier molecular flexibility index (Phi) is 3.92. The number of aromatic nitrogens is 4. The van der Waals surface area contributed by atoms with E-state index in [0.717, 1.165) is 0 Å². The highest BCUT2D eigenvalue weighted by atomic mass is 19.1. The zero-order valence-electron chi connectivity index (χ0n) is 10.9. The van der Waals surface area contributed by atoms with Crippen LogP contribution in [0.15, 0.2) is 18.2 Å². The van der Waals surface area contributed by atoms with E-state index in [-0.39, 0.29) is 23.6 Å². The standard InChI is InChI=1S/C12H13FN4O3/c1-7(6-10(18)19)17-12(14-15-16-17)11-8(13)4-3-5-9(11)20-2/h3-5,7H,6H2,1-2H3,(H,18,19). The van der Waals surface area contributed by atoms with Crippen LogP contribution in [0.25, 0.3) is 11.4 Å². The van der Waals surface area contributed by atoms with Crippen molar-refractivity contribution in [3.63, 3.8) is 0 Å². The minimum atomic E-state index is -0.987. The highest BCUT2D eigenvalue weighted by Gasteiger charge is 2.22. The number of carboxylic acid groups (broad SMARTS) is 1. The number of carboxylic acids is 1. The molecule has 1 heterocycles. The Hall–Kier alpha value is -2.51. The van der Waals surface area contributed by atoms with Crippen LogP contribution < -0.4 is 4.74 Å². The molecule has 0 saturated heterocycles. The van der Waals surface area contributed by atoms with E-state index in [1.54, 1.807) is 13.0 Å². The lowest BCUT2D eigenvalue weighted by atomic mass is 10.1. The zero-order valence-corrected chi connectivity index (χ0v) is 10.9. The molecule has 1 aromatic carbocycles. The van der Waals surface area contributed by atoms with Crippen molar-refractivity contribution in [1.29, 1.82) is 0 Å². The van der Waals surface area contributed by atoms with Crippen molar-refractivity contribution >= 4 is 5.97 Å². The number of aliphatic carboxylic acids is 1. The van der Waals surface area contributed by atoms with Gasteiger partial charge in [0.1, 0.15) is 11.6 Å². The SMILES string of the molecule is COc1cccc(F)c1-c1nnnn1C(C)CC(=O)O. The van der Waals surface area contributed by atoms with Crippen molar-refractivity contribution in [2.75, 3.05) is 7.11 Å². The lowest BCUT2D eigenvalue weighted by Crippen LogP contribution is -2.14. The fourth-order valence-corrected chi connectivity index (χ4v) is 1.89. The average Bonchev–Trinajstić information content (AvgIpc) is 2.86. The van der Waals surface area contributed by atoms with Crippen LogP contribution in [0.1, 0.15) is 19.4 Å². The molecule has 0 fully saturated rings. The largest absolute Gasteiger partial charge is 0.496 e. The number of carbonyl (C=O) groups is 1. The Morgan fingerprint density at radius 3 is 2.95 bits per heavy atom. The van der Waals surface area contributed by atoms with Gasteiger partial charge < -0.3 is 9.84 Å². The number of halogens is 1. The van der Waals surface area contributed by atoms with Crippen molar-refractivity contribution in [3.05, 3.63) is 24.0 Å². The number of rotatable bonds is 5. The van der Waals surface area contributed by atoms with Gasteiger partial charge >= 0.3 is 5.97 Å². The number of tetrazole rings is 1. The molecule has 0 radical (unpaired) electrons. The number of hydrogen-bond acceptors (Lipinski definition) is 5. The van der Waals surface area contributed by atoms with Gasteiger partial charge in [-0.15, -0.1) is 5.10 Å². The van der Waals surface area contributed by atoms with Crippen LogP contribution in [-0.2, 0) is 4.79 Å². The van der Waals surface area contributed by atoms with E-state index in [1.807, 2.05) is 0 Å². The molecule has 20 heavy (non-hydrogen) atoms. The molecule has 7 nitrogen and oxygen atoms in total. The molecule has 0 spiro atoms. The Balaban J connectivity index is 2.50. The molecule has 1 N–H and O–H groups in total. The predicted octanol–water partition coefficient (Wildman–Crippen LogP) is 1.52. The molecule has 0 saturated carbocycles. The first-order valence-electron chi connectivity index (χ1n) is 5.87. The van der Waals surface area contributed by atoms with Crippen molar-refractivity contribution in [3.8, 4) is 17.1 Å². The molecule has 1 atom stereocenters. The first-order chi connectivity index (χ1) is 9.54. The minimum Gasteiger partial charge on any atom is -0.496 e. The van der Waals surface area contributed by atoms with Gasteiger partial charge in [-0.2, -0.15) is 0 Å². The van der Waals surface area contributed by atoms with Crippen LogP contribution in [0.2, 0.25) is 0 Å². The second-order valence-electron chi connectivity index (χ2n) is 4.21. The van der Waals surface area contributed by atoms with Gasteiger partial charge in [-0.25, -0.2) is 9.07 Å². The molecule has 1 unspecified atom stereocenters. The quantitative estimate of drug-likeness (QED) is 0.893. The third-order valence-electron chi connectivity index (χ3n) is 2.80. The highest BCUT2D eigenvalue weighted by Crippen LogP contribution is 2.32. The molecule has 1 aromatic heterocycles. The van der Waals surface area contributed by atoms with Crippen LogP contribution in [0.3, 0.4) is 0 Å². The molecule has 0 aliphatic rings. The molecule has 0 bridgehead atoms. The summed E-state index contributed by atoms with van der Waals surface area (Å²) in [7, 11) is 1.41. The Morgan fingerprint density at radius 2 is 2.30 bits per heavy atom. The van der Waals surface area contributed by atoms with E-state index < -0.39 is 17.8 Å². The molecule has 0 aliphatic heterocycles. The van der Waals surface area contributed by atoms with Crippen LogP contribution in [0, 0.1) is 5.82 Å². The van der Waals surface area contributed by atoms with Gasteiger partial charge in [0.2, 0.25) is 0 Å². The number of methoxy groups -OCH3 is 1. The maximum atomic E-state index is 14.0. The Bertz CT molecular complexity index is 629. The lowest BCUT2D eigenvalue weighted by molar-refractivity contribution is -0.137. The zero-order chi connectivity index (χ0) is 14.7. The second kappa shape index (κ2) is 5.64. The maximum absolute atomic E-state index is 14.0. The summed E-state index contributed by atoms with van der Waals surface area (Å²) in [5, 5.41) is 19.8. The van der Waals surface area contributed by atoms with Gasteiger partial charge in [-0.05, 0) is 29.5 Å². The summed E-state index contributed by atoms with van der Waals surface area (Å²) >= 11 is 0. The van der Waals surface area contributed by atoms with Gasteiger partial charge in [0.25, 0.3) is 0 Å². The average molecular weight is 280 g/mol. The Labute approximate surface area is 114 Å². The van der Waals surface area contributed by atoms with Crippen LogP contribution in [0.4, 0.5) is 4.39 Å². The molecule has 2 rings (SSSR count). The molecular weight excluding hydrogens is 267 g/mol. The highest BCUT2D eigenvalue weighted by molar-refractivity contribution is 5.68. The lowest BCUT2D eigenvalue weighted by Gasteiger charge is -2.13. The van der Waals surface area contributed by atoms with Gasteiger partial charge in [0.15, 0.2) is 5.82 Å². The van der Waals surface area contributed by atoms with Crippen molar-refractivity contribution in [2.45, 2.75) is 19.4 Å². The number of nitrogens with zero attached hydrogens (tertiary/aromatic N) is 4. The molecule has 0 aliphatic carbocycles. The summed E-state index contributed by atoms with van der Waals surface area (Å²) in [4.78, 5) is 10.8. The van der Waals surface area contributed by atoms with Gasteiger partial charge in [0, 0.05) is 0 Å². The van der Waals surface area contributed by atoms with E-state index in [1.165, 1.54) is 23.9 Å². The van der Waals surface area contributed by atoms with Gasteiger partial charge in [0.05, 0.1) is 25.1 Å². The molecule has 106 valence electrons. The van der Waals surface area contributed by atoms with Crippen LogP contribution in [0.5, 0.6) is 5.75 Å². The summed E-state index contributed by atoms with van der Waals surface area (Å²) in [5.41, 5.74) is 0.109. The van der Waals surface area contributed by atoms with Gasteiger partial charge in [-0.1, -0.05) is 6.07 Å². The predicted molar refractivity (Wildman–Crippen MR) is 66.7 cm³/mol. The maximum Gasteiger partial charge on any atom is 0.305 e. The molecular formula is C12H13FN4O3. The minimum absolute atomic E-state index is 0.109. The fourth-order valence-electron chi connectivity index (χ4n) is 1.89. The summed E-state index contributed by atoms with van der Waals surface area (Å²) in [6.45, 7) is 1.64. The van der Waals surface area contributed by atoms with Crippen LogP contribution in [-0.4, -0.2) is 38.4 Å². The summed E-state index contributed by atoms with van der Waals surface area (Å²) in [6.07, 6.45) is -0.172. The fraction of sp³-hybridized carbons (Fsp3) is 0.333. The number of benzene rings is 1. The van der Waals surface area contributed by atoms with Gasteiger partial charge in [-0.3, -0.25) is 4.79 Å². The summed E-state index contributed by atoms with van der Waals surface area (Å²) < 4.78 is 20.4.